The first-order valence-electron chi connectivity index (χ1n) is 5.64. The zero-order valence-electron chi connectivity index (χ0n) is 10.1. The molecule has 1 aliphatic rings. The second-order valence-electron chi connectivity index (χ2n) is 5.18. The Labute approximate surface area is 88.5 Å². The van der Waals surface area contributed by atoms with Gasteiger partial charge in [0.1, 0.15) is 0 Å². The Bertz CT molecular complexity index is 156. The number of nitrogens with zero attached hydrogens (tertiary/aromatic N) is 2. The SMILES string of the molecule is CN(CCN1CCNCC1)C(C)(C)C. The molecule has 0 amide bonds. The highest BCUT2D eigenvalue weighted by atomic mass is 15.2. The summed E-state index contributed by atoms with van der Waals surface area (Å²) in [5.74, 6) is 0. The standard InChI is InChI=1S/C11H25N3/c1-11(2,3)13(4)9-10-14-7-5-12-6-8-14/h12H,5-10H2,1-4H3. The van der Waals surface area contributed by atoms with Gasteiger partial charge in [-0.25, -0.2) is 0 Å². The Morgan fingerprint density at radius 3 is 2.29 bits per heavy atom. The fourth-order valence-corrected chi connectivity index (χ4v) is 1.56. The van der Waals surface area contributed by atoms with Gasteiger partial charge in [0.05, 0.1) is 0 Å². The summed E-state index contributed by atoms with van der Waals surface area (Å²) in [5.41, 5.74) is 0.300. The highest BCUT2D eigenvalue weighted by Crippen LogP contribution is 2.09. The van der Waals surface area contributed by atoms with Crippen molar-refractivity contribution in [2.24, 2.45) is 0 Å². The van der Waals surface area contributed by atoms with E-state index in [-0.39, 0.29) is 0 Å². The van der Waals surface area contributed by atoms with Gasteiger partial charge < -0.3 is 10.2 Å². The van der Waals surface area contributed by atoms with Crippen LogP contribution in [-0.2, 0) is 0 Å². The molecule has 84 valence electrons. The molecule has 0 atom stereocenters. The van der Waals surface area contributed by atoms with Crippen LogP contribution in [0.15, 0.2) is 0 Å². The van der Waals surface area contributed by atoms with Crippen LogP contribution in [0.4, 0.5) is 0 Å². The van der Waals surface area contributed by atoms with Crippen LogP contribution in [0, 0.1) is 0 Å². The highest BCUT2D eigenvalue weighted by molar-refractivity contribution is 4.75. The quantitative estimate of drug-likeness (QED) is 0.719. The lowest BCUT2D eigenvalue weighted by Crippen LogP contribution is -2.48. The van der Waals surface area contributed by atoms with Crippen molar-refractivity contribution in [2.75, 3.05) is 46.3 Å². The zero-order chi connectivity index (χ0) is 10.6. The van der Waals surface area contributed by atoms with Gasteiger partial charge >= 0.3 is 0 Å². The summed E-state index contributed by atoms with van der Waals surface area (Å²) >= 11 is 0. The number of likely N-dealkylation sites (N-methyl/N-ethyl adjacent to an activating group) is 1. The fraction of sp³-hybridized carbons (Fsp3) is 1.00. The van der Waals surface area contributed by atoms with E-state index in [1.807, 2.05) is 0 Å². The Balaban J connectivity index is 2.19. The summed E-state index contributed by atoms with van der Waals surface area (Å²) in [4.78, 5) is 4.97. The molecule has 1 aliphatic heterocycles. The predicted octanol–water partition coefficient (Wildman–Crippen LogP) is 0.622. The molecule has 1 rings (SSSR count). The summed E-state index contributed by atoms with van der Waals surface area (Å²) in [5, 5.41) is 3.38. The maximum atomic E-state index is 3.38. The largest absolute Gasteiger partial charge is 0.314 e. The third kappa shape index (κ3) is 3.95. The van der Waals surface area contributed by atoms with Crippen molar-refractivity contribution in [2.45, 2.75) is 26.3 Å². The van der Waals surface area contributed by atoms with Crippen LogP contribution in [0.2, 0.25) is 0 Å². The molecule has 0 aromatic rings. The van der Waals surface area contributed by atoms with Crippen molar-refractivity contribution in [1.29, 1.82) is 0 Å². The van der Waals surface area contributed by atoms with E-state index in [9.17, 15) is 0 Å². The molecule has 0 radical (unpaired) electrons. The van der Waals surface area contributed by atoms with Crippen molar-refractivity contribution in [3.05, 3.63) is 0 Å². The maximum absolute atomic E-state index is 3.38. The number of hydrogen-bond acceptors (Lipinski definition) is 3. The van der Waals surface area contributed by atoms with Crippen LogP contribution in [0.25, 0.3) is 0 Å². The van der Waals surface area contributed by atoms with E-state index in [2.05, 4.69) is 42.9 Å². The van der Waals surface area contributed by atoms with Gasteiger partial charge in [-0.15, -0.1) is 0 Å². The lowest BCUT2D eigenvalue weighted by Gasteiger charge is -2.35. The van der Waals surface area contributed by atoms with Gasteiger partial charge in [0, 0.05) is 44.8 Å². The van der Waals surface area contributed by atoms with Crippen molar-refractivity contribution in [1.82, 2.24) is 15.1 Å². The Hall–Kier alpha value is -0.120. The van der Waals surface area contributed by atoms with Gasteiger partial charge in [-0.3, -0.25) is 4.90 Å². The van der Waals surface area contributed by atoms with Crippen LogP contribution in [0.3, 0.4) is 0 Å². The normalized spacial score (nSPS) is 20.4. The number of nitrogens with one attached hydrogen (secondary N) is 1. The molecule has 0 aromatic carbocycles. The number of hydrogen-bond donors (Lipinski definition) is 1. The molecule has 1 N–H and O–H groups in total. The summed E-state index contributed by atoms with van der Waals surface area (Å²) < 4.78 is 0. The third-order valence-corrected chi connectivity index (χ3v) is 3.11. The van der Waals surface area contributed by atoms with E-state index >= 15 is 0 Å². The number of piperazine rings is 1. The zero-order valence-corrected chi connectivity index (χ0v) is 10.1. The molecule has 0 saturated carbocycles. The van der Waals surface area contributed by atoms with Crippen molar-refractivity contribution in [3.63, 3.8) is 0 Å². The lowest BCUT2D eigenvalue weighted by molar-refractivity contribution is 0.139. The van der Waals surface area contributed by atoms with E-state index in [4.69, 9.17) is 0 Å². The van der Waals surface area contributed by atoms with Gasteiger partial charge in [-0.1, -0.05) is 0 Å². The smallest absolute Gasteiger partial charge is 0.0122 e. The summed E-state index contributed by atoms with van der Waals surface area (Å²) in [6.07, 6.45) is 0. The van der Waals surface area contributed by atoms with Gasteiger partial charge in [0.25, 0.3) is 0 Å². The van der Waals surface area contributed by atoms with Crippen LogP contribution in [0.5, 0.6) is 0 Å². The van der Waals surface area contributed by atoms with Crippen LogP contribution in [0.1, 0.15) is 20.8 Å². The van der Waals surface area contributed by atoms with E-state index in [1.54, 1.807) is 0 Å². The van der Waals surface area contributed by atoms with Crippen LogP contribution in [-0.4, -0.2) is 61.7 Å². The molecule has 0 bridgehead atoms. The van der Waals surface area contributed by atoms with Gasteiger partial charge in [0.15, 0.2) is 0 Å². The minimum Gasteiger partial charge on any atom is -0.314 e. The maximum Gasteiger partial charge on any atom is 0.0122 e. The summed E-state index contributed by atoms with van der Waals surface area (Å²) in [6.45, 7) is 13.9. The van der Waals surface area contributed by atoms with Crippen LogP contribution < -0.4 is 5.32 Å². The molecule has 1 saturated heterocycles. The molecule has 0 spiro atoms. The van der Waals surface area contributed by atoms with Gasteiger partial charge in [-0.05, 0) is 27.8 Å². The molecule has 14 heavy (non-hydrogen) atoms. The van der Waals surface area contributed by atoms with E-state index in [1.165, 1.54) is 26.2 Å². The predicted molar refractivity (Wildman–Crippen MR) is 61.7 cm³/mol. The first-order valence-corrected chi connectivity index (χ1v) is 5.64. The molecule has 0 unspecified atom stereocenters. The van der Waals surface area contributed by atoms with Gasteiger partial charge in [0.2, 0.25) is 0 Å². The Kier molecular flexibility index (Phi) is 4.35. The molecule has 3 heteroatoms. The molecule has 1 fully saturated rings. The molecule has 3 nitrogen and oxygen atoms in total. The topological polar surface area (TPSA) is 18.5 Å². The minimum atomic E-state index is 0.300. The van der Waals surface area contributed by atoms with Crippen molar-refractivity contribution >= 4 is 0 Å². The van der Waals surface area contributed by atoms with E-state index in [0.29, 0.717) is 5.54 Å². The summed E-state index contributed by atoms with van der Waals surface area (Å²) in [7, 11) is 2.21. The minimum absolute atomic E-state index is 0.300. The van der Waals surface area contributed by atoms with Crippen molar-refractivity contribution < 1.29 is 0 Å². The van der Waals surface area contributed by atoms with E-state index in [0.717, 1.165) is 13.1 Å². The second kappa shape index (κ2) is 5.10. The molecule has 1 heterocycles. The second-order valence-corrected chi connectivity index (χ2v) is 5.18. The first kappa shape index (κ1) is 12.0. The Morgan fingerprint density at radius 1 is 1.21 bits per heavy atom. The van der Waals surface area contributed by atoms with Crippen molar-refractivity contribution in [3.8, 4) is 0 Å². The summed E-state index contributed by atoms with van der Waals surface area (Å²) in [6, 6.07) is 0. The third-order valence-electron chi connectivity index (χ3n) is 3.11. The van der Waals surface area contributed by atoms with Gasteiger partial charge in [-0.2, -0.15) is 0 Å². The fourth-order valence-electron chi connectivity index (χ4n) is 1.56. The monoisotopic (exact) mass is 199 g/mol. The molecule has 0 aromatic heterocycles. The number of rotatable bonds is 3. The lowest BCUT2D eigenvalue weighted by atomic mass is 10.1. The Morgan fingerprint density at radius 2 is 1.79 bits per heavy atom. The van der Waals surface area contributed by atoms with Crippen LogP contribution >= 0.6 is 0 Å². The molecule has 0 aliphatic carbocycles. The molecular formula is C11H25N3. The average molecular weight is 199 g/mol. The molecular weight excluding hydrogens is 174 g/mol. The van der Waals surface area contributed by atoms with E-state index < -0.39 is 0 Å². The highest BCUT2D eigenvalue weighted by Gasteiger charge is 2.17. The first-order chi connectivity index (χ1) is 6.50. The average Bonchev–Trinajstić information content (AvgIpc) is 2.14.